The number of hydrogen-bond donors (Lipinski definition) is 2. The molecule has 5 heteroatoms. The van der Waals surface area contributed by atoms with Gasteiger partial charge in [-0.05, 0) is 48.7 Å². The summed E-state index contributed by atoms with van der Waals surface area (Å²) in [6.07, 6.45) is 7.76. The van der Waals surface area contributed by atoms with Crippen LogP contribution in [0.25, 0.3) is 0 Å². The predicted molar refractivity (Wildman–Crippen MR) is 91.3 cm³/mol. The maximum absolute atomic E-state index is 12.2. The lowest BCUT2D eigenvalue weighted by Gasteiger charge is -2.19. The van der Waals surface area contributed by atoms with Crippen molar-refractivity contribution in [3.8, 4) is 0 Å². The highest BCUT2D eigenvalue weighted by atomic mass is 16.5. The Hall–Kier alpha value is -2.53. The van der Waals surface area contributed by atoms with Gasteiger partial charge in [0.05, 0.1) is 19.1 Å². The van der Waals surface area contributed by atoms with Crippen molar-refractivity contribution >= 4 is 5.91 Å². The third kappa shape index (κ3) is 4.73. The van der Waals surface area contributed by atoms with Crippen LogP contribution in [0.1, 0.15) is 34.5 Å². The molecule has 0 radical (unpaired) electrons. The van der Waals surface area contributed by atoms with Crippen LogP contribution in [0, 0.1) is 0 Å². The molecule has 1 aromatic heterocycles. The van der Waals surface area contributed by atoms with E-state index in [1.54, 1.807) is 18.6 Å². The summed E-state index contributed by atoms with van der Waals surface area (Å²) in [5, 5.41) is 6.24. The van der Waals surface area contributed by atoms with Crippen LogP contribution >= 0.6 is 0 Å². The summed E-state index contributed by atoms with van der Waals surface area (Å²) in [6, 6.07) is 11.3. The fourth-order valence-corrected chi connectivity index (χ4v) is 2.62. The fraction of sp³-hybridized carbons (Fsp3) is 0.316. The molecule has 1 aromatic carbocycles. The first-order valence-electron chi connectivity index (χ1n) is 8.22. The molecule has 0 bridgehead atoms. The van der Waals surface area contributed by atoms with Crippen LogP contribution in [0.2, 0.25) is 0 Å². The van der Waals surface area contributed by atoms with E-state index in [-0.39, 0.29) is 12.0 Å². The Labute approximate surface area is 141 Å². The van der Waals surface area contributed by atoms with Gasteiger partial charge >= 0.3 is 0 Å². The summed E-state index contributed by atoms with van der Waals surface area (Å²) in [5.41, 5.74) is 1.73. The highest BCUT2D eigenvalue weighted by molar-refractivity contribution is 5.94. The summed E-state index contributed by atoms with van der Waals surface area (Å²) in [4.78, 5) is 12.2. The zero-order valence-corrected chi connectivity index (χ0v) is 13.5. The maximum atomic E-state index is 12.2. The van der Waals surface area contributed by atoms with Crippen LogP contribution < -0.4 is 10.6 Å². The number of carbonyl (C=O) groups excluding carboxylic acids is 1. The predicted octanol–water partition coefficient (Wildman–Crippen LogP) is 2.99. The number of nitrogens with one attached hydrogen (secondary N) is 2. The molecule has 0 saturated carbocycles. The molecule has 1 aliphatic heterocycles. The van der Waals surface area contributed by atoms with E-state index in [9.17, 15) is 4.79 Å². The Kier molecular flexibility index (Phi) is 5.69. The van der Waals surface area contributed by atoms with Crippen molar-refractivity contribution in [1.29, 1.82) is 0 Å². The van der Waals surface area contributed by atoms with E-state index in [0.29, 0.717) is 18.7 Å². The van der Waals surface area contributed by atoms with Gasteiger partial charge in [0, 0.05) is 18.7 Å². The van der Waals surface area contributed by atoms with Gasteiger partial charge in [0.25, 0.3) is 5.91 Å². The highest BCUT2D eigenvalue weighted by Crippen LogP contribution is 2.10. The molecule has 2 heterocycles. The molecule has 0 aliphatic carbocycles. The van der Waals surface area contributed by atoms with Crippen molar-refractivity contribution in [3.05, 3.63) is 71.9 Å². The second-order valence-corrected chi connectivity index (χ2v) is 5.80. The van der Waals surface area contributed by atoms with Gasteiger partial charge in [-0.3, -0.25) is 4.79 Å². The van der Waals surface area contributed by atoms with Crippen LogP contribution in [0.4, 0.5) is 0 Å². The van der Waals surface area contributed by atoms with E-state index in [1.807, 2.05) is 36.4 Å². The summed E-state index contributed by atoms with van der Waals surface area (Å²) in [6.45, 7) is 1.91. The van der Waals surface area contributed by atoms with E-state index in [2.05, 4.69) is 10.6 Å². The normalized spacial score (nSPS) is 16.6. The number of hydrogen-bond acceptors (Lipinski definition) is 4. The lowest BCUT2D eigenvalue weighted by atomic mass is 10.1. The molecule has 24 heavy (non-hydrogen) atoms. The number of benzene rings is 1. The van der Waals surface area contributed by atoms with Crippen molar-refractivity contribution in [2.75, 3.05) is 6.54 Å². The highest BCUT2D eigenvalue weighted by Gasteiger charge is 2.11. The Morgan fingerprint density at radius 3 is 2.96 bits per heavy atom. The first kappa shape index (κ1) is 16.3. The van der Waals surface area contributed by atoms with E-state index in [4.69, 9.17) is 9.15 Å². The quantitative estimate of drug-likeness (QED) is 0.821. The Bertz CT molecular complexity index is 680. The van der Waals surface area contributed by atoms with Crippen molar-refractivity contribution in [2.24, 2.45) is 0 Å². The molecular weight excluding hydrogens is 304 g/mol. The van der Waals surface area contributed by atoms with Gasteiger partial charge in [-0.25, -0.2) is 0 Å². The Balaban J connectivity index is 1.47. The molecule has 3 rings (SSSR count). The minimum Gasteiger partial charge on any atom is -0.497 e. The van der Waals surface area contributed by atoms with Crippen LogP contribution in [-0.4, -0.2) is 18.6 Å². The third-order valence-electron chi connectivity index (χ3n) is 3.92. The molecule has 1 aliphatic rings. The number of carbonyl (C=O) groups is 1. The standard InChI is InChI=1S/C19H22N2O3/c22-19(21-14-18-8-4-10-24-18)16-6-3-5-15(11-16)12-20-13-17-7-1-2-9-23-17/h2-6,8-11,17,20H,1,7,12-14H2,(H,21,22). The van der Waals surface area contributed by atoms with Crippen LogP contribution in [0.5, 0.6) is 0 Å². The minimum atomic E-state index is -0.103. The Morgan fingerprint density at radius 2 is 2.17 bits per heavy atom. The van der Waals surface area contributed by atoms with Gasteiger partial charge in [0.2, 0.25) is 0 Å². The minimum absolute atomic E-state index is 0.103. The van der Waals surface area contributed by atoms with Crippen LogP contribution in [-0.2, 0) is 17.8 Å². The number of rotatable bonds is 7. The van der Waals surface area contributed by atoms with Crippen molar-refractivity contribution in [1.82, 2.24) is 10.6 Å². The molecule has 5 nitrogen and oxygen atoms in total. The molecule has 2 aromatic rings. The number of amides is 1. The zero-order chi connectivity index (χ0) is 16.6. The smallest absolute Gasteiger partial charge is 0.251 e. The molecule has 0 fully saturated rings. The van der Waals surface area contributed by atoms with Gasteiger partial charge in [-0.2, -0.15) is 0 Å². The average Bonchev–Trinajstić information content (AvgIpc) is 3.14. The molecule has 0 spiro atoms. The topological polar surface area (TPSA) is 63.5 Å². The lowest BCUT2D eigenvalue weighted by Crippen LogP contribution is -2.29. The van der Waals surface area contributed by atoms with Crippen LogP contribution in [0.15, 0.2) is 59.4 Å². The van der Waals surface area contributed by atoms with E-state index >= 15 is 0 Å². The summed E-state index contributed by atoms with van der Waals surface area (Å²) < 4.78 is 10.7. The summed E-state index contributed by atoms with van der Waals surface area (Å²) >= 11 is 0. The second kappa shape index (κ2) is 8.36. The van der Waals surface area contributed by atoms with Gasteiger partial charge in [0.1, 0.15) is 11.9 Å². The SMILES string of the molecule is O=C(NCc1ccco1)c1cccc(CNCC2CCC=CO2)c1. The summed E-state index contributed by atoms with van der Waals surface area (Å²) in [7, 11) is 0. The van der Waals surface area contributed by atoms with Gasteiger partial charge < -0.3 is 19.8 Å². The average molecular weight is 326 g/mol. The summed E-state index contributed by atoms with van der Waals surface area (Å²) in [5.74, 6) is 0.636. The van der Waals surface area contributed by atoms with E-state index < -0.39 is 0 Å². The van der Waals surface area contributed by atoms with Crippen LogP contribution in [0.3, 0.4) is 0 Å². The molecule has 126 valence electrons. The molecule has 0 saturated heterocycles. The molecule has 1 unspecified atom stereocenters. The van der Waals surface area contributed by atoms with Gasteiger partial charge in [-0.1, -0.05) is 12.1 Å². The molecule has 1 atom stereocenters. The first-order valence-corrected chi connectivity index (χ1v) is 8.22. The number of allylic oxidation sites excluding steroid dienone is 1. The monoisotopic (exact) mass is 326 g/mol. The molecule has 1 amide bonds. The Morgan fingerprint density at radius 1 is 1.21 bits per heavy atom. The van der Waals surface area contributed by atoms with E-state index in [1.165, 1.54) is 0 Å². The van der Waals surface area contributed by atoms with Crippen molar-refractivity contribution < 1.29 is 13.9 Å². The maximum Gasteiger partial charge on any atom is 0.251 e. The number of ether oxygens (including phenoxy) is 1. The van der Waals surface area contributed by atoms with E-state index in [0.717, 1.165) is 30.7 Å². The van der Waals surface area contributed by atoms with Crippen molar-refractivity contribution in [2.45, 2.75) is 32.0 Å². The first-order chi connectivity index (χ1) is 11.8. The third-order valence-corrected chi connectivity index (χ3v) is 3.92. The zero-order valence-electron chi connectivity index (χ0n) is 13.5. The number of furan rings is 1. The van der Waals surface area contributed by atoms with Gasteiger partial charge in [0.15, 0.2) is 0 Å². The molecule has 2 N–H and O–H groups in total. The van der Waals surface area contributed by atoms with Gasteiger partial charge in [-0.15, -0.1) is 0 Å². The van der Waals surface area contributed by atoms with Crippen molar-refractivity contribution in [3.63, 3.8) is 0 Å². The fourth-order valence-electron chi connectivity index (χ4n) is 2.62. The second-order valence-electron chi connectivity index (χ2n) is 5.80. The largest absolute Gasteiger partial charge is 0.497 e. The molecular formula is C19H22N2O3. The lowest BCUT2D eigenvalue weighted by molar-refractivity contribution is 0.0948.